The third-order valence-electron chi connectivity index (χ3n) is 3.45. The summed E-state index contributed by atoms with van der Waals surface area (Å²) in [6, 6.07) is 2.19. The van der Waals surface area contributed by atoms with Crippen LogP contribution in [0.5, 0.6) is 0 Å². The van der Waals surface area contributed by atoms with Gasteiger partial charge in [-0.15, -0.1) is 11.3 Å². The molecule has 18 heavy (non-hydrogen) atoms. The van der Waals surface area contributed by atoms with Crippen LogP contribution in [0.3, 0.4) is 0 Å². The Bertz CT molecular complexity index is 372. The van der Waals surface area contributed by atoms with Gasteiger partial charge in [-0.2, -0.15) is 0 Å². The van der Waals surface area contributed by atoms with Crippen molar-refractivity contribution in [1.29, 1.82) is 0 Å². The summed E-state index contributed by atoms with van der Waals surface area (Å²) in [5.74, 6) is 0. The zero-order chi connectivity index (χ0) is 13.0. The number of hydrogen-bond acceptors (Lipinski definition) is 4. The van der Waals surface area contributed by atoms with Gasteiger partial charge in [0.05, 0.1) is 0 Å². The van der Waals surface area contributed by atoms with Crippen LogP contribution in [0.1, 0.15) is 18.7 Å². The van der Waals surface area contributed by atoms with Gasteiger partial charge < -0.3 is 10.6 Å². The Morgan fingerprint density at radius 2 is 2.17 bits per heavy atom. The molecule has 0 radical (unpaired) electrons. The second-order valence-corrected chi connectivity index (χ2v) is 7.30. The Kier molecular flexibility index (Phi) is 5.21. The quantitative estimate of drug-likeness (QED) is 0.866. The molecule has 0 unspecified atom stereocenters. The Balaban J connectivity index is 1.77. The van der Waals surface area contributed by atoms with Crippen molar-refractivity contribution in [2.45, 2.75) is 25.9 Å². The summed E-state index contributed by atoms with van der Waals surface area (Å²) >= 11 is 5.30. The minimum atomic E-state index is 0.233. The van der Waals surface area contributed by atoms with Gasteiger partial charge in [-0.25, -0.2) is 0 Å². The summed E-state index contributed by atoms with van der Waals surface area (Å²) in [6.45, 7) is 11.2. The van der Waals surface area contributed by atoms with E-state index in [1.54, 1.807) is 11.3 Å². The standard InChI is InChI=1S/C13H22BrN3S/c1-13(2,17-5-3-15-4-6-17)10-16-8-12-7-11(14)9-18-12/h7,9,15-16H,3-6,8,10H2,1-2H3. The minimum Gasteiger partial charge on any atom is -0.314 e. The molecule has 0 aromatic carbocycles. The maximum Gasteiger partial charge on any atom is 0.0300 e. The molecule has 0 amide bonds. The largest absolute Gasteiger partial charge is 0.314 e. The van der Waals surface area contributed by atoms with Crippen molar-refractivity contribution in [3.05, 3.63) is 20.8 Å². The van der Waals surface area contributed by atoms with E-state index in [-0.39, 0.29) is 5.54 Å². The van der Waals surface area contributed by atoms with E-state index in [1.807, 2.05) is 0 Å². The van der Waals surface area contributed by atoms with Gasteiger partial charge in [-0.3, -0.25) is 4.90 Å². The number of rotatable bonds is 5. The lowest BCUT2D eigenvalue weighted by atomic mass is 10.0. The highest BCUT2D eigenvalue weighted by molar-refractivity contribution is 9.10. The van der Waals surface area contributed by atoms with E-state index in [2.05, 4.69) is 56.8 Å². The Labute approximate surface area is 122 Å². The van der Waals surface area contributed by atoms with E-state index >= 15 is 0 Å². The van der Waals surface area contributed by atoms with Crippen molar-refractivity contribution in [3.63, 3.8) is 0 Å². The molecule has 1 aromatic heterocycles. The Morgan fingerprint density at radius 1 is 1.44 bits per heavy atom. The second kappa shape index (κ2) is 6.48. The van der Waals surface area contributed by atoms with Crippen LogP contribution in [0, 0.1) is 0 Å². The fraction of sp³-hybridized carbons (Fsp3) is 0.692. The lowest BCUT2D eigenvalue weighted by Gasteiger charge is -2.41. The second-order valence-electron chi connectivity index (χ2n) is 5.38. The first-order valence-electron chi connectivity index (χ1n) is 6.47. The van der Waals surface area contributed by atoms with Crippen molar-refractivity contribution in [3.8, 4) is 0 Å². The normalized spacial score (nSPS) is 18.2. The van der Waals surface area contributed by atoms with Crippen molar-refractivity contribution >= 4 is 27.3 Å². The van der Waals surface area contributed by atoms with Crippen LogP contribution >= 0.6 is 27.3 Å². The summed E-state index contributed by atoms with van der Waals surface area (Å²) in [5, 5.41) is 9.12. The highest BCUT2D eigenvalue weighted by atomic mass is 79.9. The molecule has 1 aliphatic heterocycles. The number of piperazine rings is 1. The fourth-order valence-electron chi connectivity index (χ4n) is 2.32. The predicted octanol–water partition coefficient (Wildman–Crippen LogP) is 2.28. The smallest absolute Gasteiger partial charge is 0.0300 e. The molecule has 1 saturated heterocycles. The van der Waals surface area contributed by atoms with Gasteiger partial charge in [0.2, 0.25) is 0 Å². The van der Waals surface area contributed by atoms with E-state index in [1.165, 1.54) is 9.35 Å². The molecule has 1 aromatic rings. The molecule has 2 rings (SSSR count). The molecule has 0 bridgehead atoms. The molecule has 1 fully saturated rings. The van der Waals surface area contributed by atoms with Gasteiger partial charge in [-0.05, 0) is 35.8 Å². The monoisotopic (exact) mass is 331 g/mol. The number of nitrogens with one attached hydrogen (secondary N) is 2. The molecule has 0 spiro atoms. The molecule has 0 saturated carbocycles. The molecule has 2 N–H and O–H groups in total. The summed E-state index contributed by atoms with van der Waals surface area (Å²) in [4.78, 5) is 3.96. The zero-order valence-corrected chi connectivity index (χ0v) is 13.5. The number of halogens is 1. The van der Waals surface area contributed by atoms with Crippen molar-refractivity contribution in [2.75, 3.05) is 32.7 Å². The molecular weight excluding hydrogens is 310 g/mol. The molecule has 0 atom stereocenters. The number of hydrogen-bond donors (Lipinski definition) is 2. The maximum atomic E-state index is 3.58. The average Bonchev–Trinajstić information content (AvgIpc) is 2.76. The van der Waals surface area contributed by atoms with Gasteiger partial charge in [0.25, 0.3) is 0 Å². The predicted molar refractivity (Wildman–Crippen MR) is 82.2 cm³/mol. The van der Waals surface area contributed by atoms with E-state index in [0.29, 0.717) is 0 Å². The van der Waals surface area contributed by atoms with Crippen molar-refractivity contribution in [2.24, 2.45) is 0 Å². The van der Waals surface area contributed by atoms with E-state index in [9.17, 15) is 0 Å². The topological polar surface area (TPSA) is 27.3 Å². The number of thiophene rings is 1. The first kappa shape index (κ1) is 14.5. The molecule has 0 aliphatic carbocycles. The molecule has 1 aliphatic rings. The molecular formula is C13H22BrN3S. The third kappa shape index (κ3) is 4.03. The van der Waals surface area contributed by atoms with Crippen LogP contribution < -0.4 is 10.6 Å². The van der Waals surface area contributed by atoms with E-state index in [0.717, 1.165) is 39.3 Å². The highest BCUT2D eigenvalue weighted by Crippen LogP contribution is 2.20. The van der Waals surface area contributed by atoms with Gasteiger partial charge in [0.15, 0.2) is 0 Å². The number of nitrogens with zero attached hydrogens (tertiary/aromatic N) is 1. The zero-order valence-electron chi connectivity index (χ0n) is 11.1. The summed E-state index contributed by atoms with van der Waals surface area (Å²) in [5.41, 5.74) is 0.233. The van der Waals surface area contributed by atoms with Gasteiger partial charge >= 0.3 is 0 Å². The van der Waals surface area contributed by atoms with Gasteiger partial charge in [0, 0.05) is 59.5 Å². The Hall–Kier alpha value is 0.0600. The first-order valence-corrected chi connectivity index (χ1v) is 8.14. The first-order chi connectivity index (χ1) is 8.58. The average molecular weight is 332 g/mol. The van der Waals surface area contributed by atoms with E-state index in [4.69, 9.17) is 0 Å². The summed E-state index contributed by atoms with van der Waals surface area (Å²) in [6.07, 6.45) is 0. The minimum absolute atomic E-state index is 0.233. The molecule has 2 heterocycles. The van der Waals surface area contributed by atoms with Crippen LogP contribution in [-0.4, -0.2) is 43.2 Å². The highest BCUT2D eigenvalue weighted by Gasteiger charge is 2.27. The van der Waals surface area contributed by atoms with Crippen LogP contribution in [-0.2, 0) is 6.54 Å². The van der Waals surface area contributed by atoms with Crippen LogP contribution in [0.25, 0.3) is 0 Å². The lowest BCUT2D eigenvalue weighted by molar-refractivity contribution is 0.102. The van der Waals surface area contributed by atoms with Crippen LogP contribution in [0.15, 0.2) is 15.9 Å². The molecule has 3 nitrogen and oxygen atoms in total. The fourth-order valence-corrected chi connectivity index (χ4v) is 3.74. The van der Waals surface area contributed by atoms with Crippen molar-refractivity contribution < 1.29 is 0 Å². The SMILES string of the molecule is CC(C)(CNCc1cc(Br)cs1)N1CCNCC1. The maximum absolute atomic E-state index is 3.58. The molecule has 102 valence electrons. The summed E-state index contributed by atoms with van der Waals surface area (Å²) in [7, 11) is 0. The van der Waals surface area contributed by atoms with Crippen LogP contribution in [0.4, 0.5) is 0 Å². The molecule has 5 heteroatoms. The summed E-state index contributed by atoms with van der Waals surface area (Å²) < 4.78 is 1.19. The van der Waals surface area contributed by atoms with Crippen LogP contribution in [0.2, 0.25) is 0 Å². The van der Waals surface area contributed by atoms with Gasteiger partial charge in [0.1, 0.15) is 0 Å². The van der Waals surface area contributed by atoms with Crippen molar-refractivity contribution in [1.82, 2.24) is 15.5 Å². The lowest BCUT2D eigenvalue weighted by Crippen LogP contribution is -2.57. The third-order valence-corrected chi connectivity index (χ3v) is 5.15. The van der Waals surface area contributed by atoms with E-state index < -0.39 is 0 Å². The Morgan fingerprint density at radius 3 is 2.78 bits per heavy atom. The van der Waals surface area contributed by atoms with Gasteiger partial charge in [-0.1, -0.05) is 0 Å².